The Kier molecular flexibility index (Phi) is 8.04. The molecule has 37 heavy (non-hydrogen) atoms. The summed E-state index contributed by atoms with van der Waals surface area (Å²) in [4.78, 5) is 23.7. The summed E-state index contributed by atoms with van der Waals surface area (Å²) in [5.74, 6) is -3.93. The number of hydrogen-bond acceptors (Lipinski definition) is 7. The van der Waals surface area contributed by atoms with Gasteiger partial charge in [0.15, 0.2) is 0 Å². The van der Waals surface area contributed by atoms with E-state index in [9.17, 15) is 35.9 Å². The summed E-state index contributed by atoms with van der Waals surface area (Å²) >= 11 is 0. The van der Waals surface area contributed by atoms with Crippen LogP contribution >= 0.6 is 0 Å². The molecule has 0 aliphatic rings. The van der Waals surface area contributed by atoms with Crippen molar-refractivity contribution in [1.29, 1.82) is 0 Å². The molecule has 0 N–H and O–H groups in total. The van der Waals surface area contributed by atoms with Crippen LogP contribution in [0.25, 0.3) is 22.1 Å². The first-order valence-electron chi connectivity index (χ1n) is 10.3. The molecule has 0 saturated carbocycles. The molecule has 0 aliphatic carbocycles. The lowest BCUT2D eigenvalue weighted by molar-refractivity contribution is -0.274. The number of ether oxygens (including phenoxy) is 4. The molecule has 3 aromatic rings. The van der Waals surface area contributed by atoms with Crippen molar-refractivity contribution in [2.45, 2.75) is 12.5 Å². The van der Waals surface area contributed by atoms with Gasteiger partial charge in [-0.3, -0.25) is 0 Å². The van der Waals surface area contributed by atoms with Crippen LogP contribution in [0.2, 0.25) is 0 Å². The molecule has 1 atom stereocenters. The zero-order valence-corrected chi connectivity index (χ0v) is 18.9. The summed E-state index contributed by atoms with van der Waals surface area (Å²) in [5.41, 5.74) is -1.62. The van der Waals surface area contributed by atoms with E-state index in [0.29, 0.717) is 0 Å². The molecule has 7 nitrogen and oxygen atoms in total. The van der Waals surface area contributed by atoms with Gasteiger partial charge in [-0.2, -0.15) is 13.2 Å². The van der Waals surface area contributed by atoms with Crippen LogP contribution in [0, 0.1) is 5.92 Å². The number of hydrogen-bond donors (Lipinski definition) is 0. The molecule has 198 valence electrons. The van der Waals surface area contributed by atoms with Crippen molar-refractivity contribution in [3.8, 4) is 28.4 Å². The van der Waals surface area contributed by atoms with Crippen molar-refractivity contribution in [2.75, 3.05) is 20.3 Å². The maximum absolute atomic E-state index is 13.2. The Labute approximate surface area is 204 Å². The van der Waals surface area contributed by atoms with Crippen LogP contribution in [0.4, 0.5) is 26.3 Å². The minimum atomic E-state index is -5.05. The topological polar surface area (TPSA) is 84.2 Å². The maximum Gasteiger partial charge on any atom is 0.573 e. The second kappa shape index (κ2) is 10.8. The quantitative estimate of drug-likeness (QED) is 0.152. The van der Waals surface area contributed by atoms with Gasteiger partial charge in [0.25, 0.3) is 0 Å². The fraction of sp³-hybridized carbons (Fsp3) is 0.250. The van der Waals surface area contributed by atoms with Crippen molar-refractivity contribution >= 4 is 16.9 Å². The summed E-state index contributed by atoms with van der Waals surface area (Å²) in [6, 6.07) is 8.46. The lowest BCUT2D eigenvalue weighted by Crippen LogP contribution is -2.33. The van der Waals surface area contributed by atoms with Crippen molar-refractivity contribution in [1.82, 2.24) is 0 Å². The Hall–Kier alpha value is -4.16. The monoisotopic (exact) mass is 532 g/mol. The molecular weight excluding hydrogens is 514 g/mol. The number of carbonyl (C=O) groups is 1. The number of benzene rings is 2. The van der Waals surface area contributed by atoms with Crippen LogP contribution in [0.1, 0.15) is 0 Å². The van der Waals surface area contributed by atoms with E-state index in [-0.39, 0.29) is 33.6 Å². The number of methoxy groups -OCH3 is 1. The van der Waals surface area contributed by atoms with E-state index in [4.69, 9.17) is 13.9 Å². The standard InChI is InChI=1S/C24H18F6O7/c1-3-21(31)35-12-14(23(25,26)27)11-34-16-5-4-13-8-18(22(32)36-19(13)10-16)17-7-6-15(33-2)9-20(17)37-24(28,29)30/h3-10,14H,1,11-12H2,2H3. The molecule has 0 amide bonds. The van der Waals surface area contributed by atoms with E-state index < -0.39 is 49.0 Å². The minimum Gasteiger partial charge on any atom is -0.497 e. The highest BCUT2D eigenvalue weighted by molar-refractivity contribution is 5.84. The number of rotatable bonds is 9. The Balaban J connectivity index is 1.89. The summed E-state index contributed by atoms with van der Waals surface area (Å²) in [7, 11) is 1.24. The van der Waals surface area contributed by atoms with Gasteiger partial charge in [0.1, 0.15) is 42.0 Å². The second-order valence-corrected chi connectivity index (χ2v) is 7.44. The summed E-state index contributed by atoms with van der Waals surface area (Å²) in [6.45, 7) is 1.19. The predicted molar refractivity (Wildman–Crippen MR) is 117 cm³/mol. The second-order valence-electron chi connectivity index (χ2n) is 7.44. The zero-order valence-electron chi connectivity index (χ0n) is 18.9. The average Bonchev–Trinajstić information content (AvgIpc) is 2.81. The summed E-state index contributed by atoms with van der Waals surface area (Å²) in [5, 5.41) is 0.239. The van der Waals surface area contributed by atoms with Crippen LogP contribution in [-0.4, -0.2) is 38.8 Å². The first-order chi connectivity index (χ1) is 17.3. The van der Waals surface area contributed by atoms with E-state index in [0.717, 1.165) is 18.2 Å². The SMILES string of the molecule is C=CC(=O)OCC(COc1ccc2cc(-c3ccc(OC)cc3OC(F)(F)F)c(=O)oc2c1)C(F)(F)F. The number of esters is 1. The van der Waals surface area contributed by atoms with Gasteiger partial charge in [0, 0.05) is 29.2 Å². The van der Waals surface area contributed by atoms with Crippen LogP contribution in [0.15, 0.2) is 64.3 Å². The smallest absolute Gasteiger partial charge is 0.497 e. The third-order valence-electron chi connectivity index (χ3n) is 4.92. The molecule has 3 rings (SSSR count). The molecule has 0 spiro atoms. The van der Waals surface area contributed by atoms with Crippen LogP contribution in [0.3, 0.4) is 0 Å². The van der Waals surface area contributed by atoms with Crippen molar-refractivity contribution in [2.24, 2.45) is 5.92 Å². The number of halogens is 6. The van der Waals surface area contributed by atoms with Gasteiger partial charge in [0.2, 0.25) is 0 Å². The Morgan fingerprint density at radius 1 is 1.00 bits per heavy atom. The number of carbonyl (C=O) groups excluding carboxylic acids is 1. The molecule has 1 heterocycles. The lowest BCUT2D eigenvalue weighted by Gasteiger charge is -2.20. The van der Waals surface area contributed by atoms with Crippen molar-refractivity contribution < 1.29 is 54.5 Å². The minimum absolute atomic E-state index is 0.0476. The van der Waals surface area contributed by atoms with Crippen LogP contribution < -0.4 is 19.8 Å². The van der Waals surface area contributed by atoms with Gasteiger partial charge in [-0.25, -0.2) is 9.59 Å². The predicted octanol–water partition coefficient (Wildman–Crippen LogP) is 5.65. The van der Waals surface area contributed by atoms with Gasteiger partial charge in [-0.1, -0.05) is 6.58 Å². The molecule has 1 aromatic heterocycles. The maximum atomic E-state index is 13.2. The van der Waals surface area contributed by atoms with Gasteiger partial charge in [-0.05, 0) is 30.3 Å². The third kappa shape index (κ3) is 7.18. The van der Waals surface area contributed by atoms with E-state index in [1.165, 1.54) is 37.4 Å². The average molecular weight is 532 g/mol. The van der Waals surface area contributed by atoms with E-state index in [1.807, 2.05) is 0 Å². The molecule has 2 aromatic carbocycles. The highest BCUT2D eigenvalue weighted by Crippen LogP contribution is 2.37. The Morgan fingerprint density at radius 2 is 1.70 bits per heavy atom. The Bertz CT molecular complexity index is 1340. The first kappa shape index (κ1) is 27.4. The molecule has 0 saturated heterocycles. The fourth-order valence-electron chi connectivity index (χ4n) is 3.11. The summed E-state index contributed by atoms with van der Waals surface area (Å²) < 4.78 is 102. The van der Waals surface area contributed by atoms with E-state index in [2.05, 4.69) is 16.1 Å². The molecule has 1 unspecified atom stereocenters. The van der Waals surface area contributed by atoms with Crippen LogP contribution in [-0.2, 0) is 9.53 Å². The number of fused-ring (bicyclic) bond motifs is 1. The first-order valence-corrected chi connectivity index (χ1v) is 10.3. The zero-order chi connectivity index (χ0) is 27.4. The Morgan fingerprint density at radius 3 is 2.32 bits per heavy atom. The highest BCUT2D eigenvalue weighted by Gasteiger charge is 2.41. The largest absolute Gasteiger partial charge is 0.573 e. The van der Waals surface area contributed by atoms with Gasteiger partial charge in [0.05, 0.1) is 12.7 Å². The fourth-order valence-corrected chi connectivity index (χ4v) is 3.11. The molecule has 0 fully saturated rings. The third-order valence-corrected chi connectivity index (χ3v) is 4.92. The van der Waals surface area contributed by atoms with Gasteiger partial charge in [-0.15, -0.1) is 13.2 Å². The molecule has 0 radical (unpaired) electrons. The highest BCUT2D eigenvalue weighted by atomic mass is 19.4. The van der Waals surface area contributed by atoms with Crippen LogP contribution in [0.5, 0.6) is 17.2 Å². The van der Waals surface area contributed by atoms with Gasteiger partial charge < -0.3 is 23.4 Å². The van der Waals surface area contributed by atoms with E-state index >= 15 is 0 Å². The summed E-state index contributed by atoms with van der Waals surface area (Å²) in [6.07, 6.45) is -9.07. The molecule has 0 bridgehead atoms. The van der Waals surface area contributed by atoms with Crippen molar-refractivity contribution in [3.63, 3.8) is 0 Å². The number of alkyl halides is 6. The molecular formula is C24H18F6O7. The lowest BCUT2D eigenvalue weighted by atomic mass is 10.0. The van der Waals surface area contributed by atoms with Gasteiger partial charge >= 0.3 is 24.1 Å². The molecule has 13 heteroatoms. The van der Waals surface area contributed by atoms with Crippen molar-refractivity contribution in [3.05, 3.63) is 65.5 Å². The normalized spacial score (nSPS) is 12.6. The molecule has 0 aliphatic heterocycles. The van der Waals surface area contributed by atoms with E-state index in [1.54, 1.807) is 0 Å².